The van der Waals surface area contributed by atoms with Crippen LogP contribution in [0.3, 0.4) is 0 Å². The molecule has 2 aromatic carbocycles. The Bertz CT molecular complexity index is 837. The zero-order valence-corrected chi connectivity index (χ0v) is 11.8. The maximum Gasteiger partial charge on any atom is 0.442 e. The van der Waals surface area contributed by atoms with Gasteiger partial charge in [-0.15, -0.1) is 0 Å². The zero-order valence-electron chi connectivity index (χ0n) is 11.8. The molecule has 0 saturated carbocycles. The van der Waals surface area contributed by atoms with Crippen molar-refractivity contribution in [1.29, 1.82) is 0 Å². The lowest BCUT2D eigenvalue weighted by atomic mass is 10.2. The molecule has 0 amide bonds. The summed E-state index contributed by atoms with van der Waals surface area (Å²) in [5.74, 6) is 0.145. The average molecular weight is 300 g/mol. The second-order valence-corrected chi connectivity index (χ2v) is 4.72. The maximum atomic E-state index is 13.3. The van der Waals surface area contributed by atoms with Crippen LogP contribution in [-0.4, -0.2) is 16.8 Å². The molecule has 0 atom stereocenters. The first-order valence-electron chi connectivity index (χ1n) is 6.63. The van der Waals surface area contributed by atoms with Crippen LogP contribution in [0.4, 0.5) is 4.39 Å². The topological polar surface area (TPSA) is 57.3 Å². The van der Waals surface area contributed by atoms with Gasteiger partial charge < -0.3 is 4.74 Å². The zero-order chi connectivity index (χ0) is 15.5. The van der Waals surface area contributed by atoms with Gasteiger partial charge in [-0.05, 0) is 42.0 Å². The van der Waals surface area contributed by atoms with E-state index in [1.54, 1.807) is 43.5 Å². The first kappa shape index (κ1) is 14.1. The molecular formula is C16H13FN2O3. The van der Waals surface area contributed by atoms with Crippen molar-refractivity contribution in [2.45, 2.75) is 6.54 Å². The summed E-state index contributed by atoms with van der Waals surface area (Å²) < 4.78 is 24.5. The maximum absolute atomic E-state index is 13.3. The van der Waals surface area contributed by atoms with Crippen LogP contribution in [0.2, 0.25) is 0 Å². The smallest absolute Gasteiger partial charge is 0.442 e. The number of halogens is 1. The Morgan fingerprint density at radius 3 is 2.68 bits per heavy atom. The molecule has 3 rings (SSSR count). The van der Waals surface area contributed by atoms with Crippen molar-refractivity contribution in [2.75, 3.05) is 7.11 Å². The normalized spacial score (nSPS) is 10.6. The van der Waals surface area contributed by atoms with Crippen LogP contribution < -0.4 is 10.5 Å². The molecule has 5 nitrogen and oxygen atoms in total. The van der Waals surface area contributed by atoms with Crippen LogP contribution in [0.5, 0.6) is 5.75 Å². The fourth-order valence-electron chi connectivity index (χ4n) is 2.17. The molecule has 112 valence electrons. The van der Waals surface area contributed by atoms with Crippen molar-refractivity contribution in [3.8, 4) is 17.1 Å². The van der Waals surface area contributed by atoms with Crippen LogP contribution in [0.1, 0.15) is 5.56 Å². The van der Waals surface area contributed by atoms with Gasteiger partial charge >= 0.3 is 5.76 Å². The van der Waals surface area contributed by atoms with E-state index >= 15 is 0 Å². The Hall–Kier alpha value is -2.89. The second-order valence-electron chi connectivity index (χ2n) is 4.72. The Labute approximate surface area is 125 Å². The van der Waals surface area contributed by atoms with E-state index in [0.717, 1.165) is 0 Å². The second kappa shape index (κ2) is 5.85. The number of benzene rings is 2. The van der Waals surface area contributed by atoms with E-state index in [2.05, 4.69) is 5.16 Å². The number of hydrogen-bond acceptors (Lipinski definition) is 4. The number of hydrogen-bond donors (Lipinski definition) is 0. The standard InChI is InChI=1S/C16H13FN2O3/c1-21-14-7-5-12(6-8-14)15-18-22-16(20)19(15)10-11-3-2-4-13(17)9-11/h2-9H,10H2,1H3. The molecule has 22 heavy (non-hydrogen) atoms. The van der Waals surface area contributed by atoms with Crippen LogP contribution >= 0.6 is 0 Å². The summed E-state index contributed by atoms with van der Waals surface area (Å²) in [6, 6.07) is 13.1. The Morgan fingerprint density at radius 2 is 2.00 bits per heavy atom. The number of nitrogens with zero attached hydrogens (tertiary/aromatic N) is 2. The van der Waals surface area contributed by atoms with Gasteiger partial charge in [0.15, 0.2) is 5.82 Å². The van der Waals surface area contributed by atoms with Crippen molar-refractivity contribution in [3.05, 3.63) is 70.5 Å². The monoisotopic (exact) mass is 300 g/mol. The summed E-state index contributed by atoms with van der Waals surface area (Å²) in [5, 5.41) is 3.80. The number of methoxy groups -OCH3 is 1. The molecule has 6 heteroatoms. The molecule has 0 bridgehead atoms. The van der Waals surface area contributed by atoms with Crippen molar-refractivity contribution in [3.63, 3.8) is 0 Å². The molecule has 1 heterocycles. The SMILES string of the molecule is COc1ccc(-c2noc(=O)n2Cc2cccc(F)c2)cc1. The lowest BCUT2D eigenvalue weighted by Crippen LogP contribution is -2.16. The van der Waals surface area contributed by atoms with Gasteiger partial charge in [-0.25, -0.2) is 9.18 Å². The molecule has 0 saturated heterocycles. The number of rotatable bonds is 4. The summed E-state index contributed by atoms with van der Waals surface area (Å²) in [4.78, 5) is 11.8. The van der Waals surface area contributed by atoms with Crippen molar-refractivity contribution in [1.82, 2.24) is 9.72 Å². The van der Waals surface area contributed by atoms with Crippen LogP contribution in [0, 0.1) is 5.82 Å². The fourth-order valence-corrected chi connectivity index (χ4v) is 2.17. The number of ether oxygens (including phenoxy) is 1. The summed E-state index contributed by atoms with van der Waals surface area (Å²) in [6.45, 7) is 0.182. The average Bonchev–Trinajstić information content (AvgIpc) is 2.89. The van der Waals surface area contributed by atoms with E-state index in [0.29, 0.717) is 22.7 Å². The molecular weight excluding hydrogens is 287 g/mol. The van der Waals surface area contributed by atoms with Gasteiger partial charge in [-0.2, -0.15) is 0 Å². The van der Waals surface area contributed by atoms with E-state index in [-0.39, 0.29) is 12.4 Å². The van der Waals surface area contributed by atoms with Gasteiger partial charge in [0.05, 0.1) is 13.7 Å². The Kier molecular flexibility index (Phi) is 3.74. The largest absolute Gasteiger partial charge is 0.497 e. The third-order valence-electron chi connectivity index (χ3n) is 3.26. The van der Waals surface area contributed by atoms with E-state index < -0.39 is 5.76 Å². The quantitative estimate of drug-likeness (QED) is 0.743. The summed E-state index contributed by atoms with van der Waals surface area (Å²) in [5.41, 5.74) is 1.36. The molecule has 0 fully saturated rings. The van der Waals surface area contributed by atoms with Crippen LogP contribution in [0.15, 0.2) is 57.8 Å². The van der Waals surface area contributed by atoms with Crippen LogP contribution in [-0.2, 0) is 6.54 Å². The minimum Gasteiger partial charge on any atom is -0.497 e. The van der Waals surface area contributed by atoms with E-state index in [9.17, 15) is 9.18 Å². The molecule has 0 aliphatic heterocycles. The lowest BCUT2D eigenvalue weighted by Gasteiger charge is -2.06. The summed E-state index contributed by atoms with van der Waals surface area (Å²) >= 11 is 0. The molecule has 0 aliphatic rings. The molecule has 1 aromatic heterocycles. The first-order valence-corrected chi connectivity index (χ1v) is 6.63. The minimum atomic E-state index is -0.588. The Balaban J connectivity index is 1.98. The van der Waals surface area contributed by atoms with Crippen molar-refractivity contribution < 1.29 is 13.7 Å². The summed E-state index contributed by atoms with van der Waals surface area (Å²) in [6.07, 6.45) is 0. The molecule has 3 aromatic rings. The fraction of sp³-hybridized carbons (Fsp3) is 0.125. The highest BCUT2D eigenvalue weighted by atomic mass is 19.1. The third-order valence-corrected chi connectivity index (χ3v) is 3.26. The van der Waals surface area contributed by atoms with Crippen LogP contribution in [0.25, 0.3) is 11.4 Å². The molecule has 0 aliphatic carbocycles. The first-order chi connectivity index (χ1) is 10.7. The Morgan fingerprint density at radius 1 is 1.23 bits per heavy atom. The highest BCUT2D eigenvalue weighted by molar-refractivity contribution is 5.56. The van der Waals surface area contributed by atoms with Gasteiger partial charge in [0, 0.05) is 5.56 Å². The molecule has 0 radical (unpaired) electrons. The van der Waals surface area contributed by atoms with Gasteiger partial charge in [0.1, 0.15) is 11.6 Å². The highest BCUT2D eigenvalue weighted by Crippen LogP contribution is 2.20. The molecule has 0 spiro atoms. The predicted molar refractivity (Wildman–Crippen MR) is 78.3 cm³/mol. The van der Waals surface area contributed by atoms with E-state index in [1.807, 2.05) is 0 Å². The van der Waals surface area contributed by atoms with Crippen molar-refractivity contribution in [2.24, 2.45) is 0 Å². The van der Waals surface area contributed by atoms with Gasteiger partial charge in [-0.1, -0.05) is 17.3 Å². The number of aromatic nitrogens is 2. The van der Waals surface area contributed by atoms with Gasteiger partial charge in [0.25, 0.3) is 0 Å². The van der Waals surface area contributed by atoms with Gasteiger partial charge in [-0.3, -0.25) is 9.09 Å². The lowest BCUT2D eigenvalue weighted by molar-refractivity contribution is 0.378. The summed E-state index contributed by atoms with van der Waals surface area (Å²) in [7, 11) is 1.57. The predicted octanol–water partition coefficient (Wildman–Crippen LogP) is 2.70. The van der Waals surface area contributed by atoms with E-state index in [4.69, 9.17) is 9.26 Å². The minimum absolute atomic E-state index is 0.182. The van der Waals surface area contributed by atoms with Gasteiger partial charge in [0.2, 0.25) is 0 Å². The highest BCUT2D eigenvalue weighted by Gasteiger charge is 2.13. The molecule has 0 N–H and O–H groups in total. The molecule has 0 unspecified atom stereocenters. The van der Waals surface area contributed by atoms with Crippen molar-refractivity contribution >= 4 is 0 Å². The van der Waals surface area contributed by atoms with E-state index in [1.165, 1.54) is 16.7 Å². The third kappa shape index (κ3) is 2.76.